The molecule has 0 aliphatic carbocycles. The monoisotopic (exact) mass is 241 g/mol. The fourth-order valence-corrected chi connectivity index (χ4v) is 2.80. The van der Waals surface area contributed by atoms with Crippen LogP contribution >= 0.6 is 11.3 Å². The minimum absolute atomic E-state index is 0.612. The molecule has 1 saturated heterocycles. The van der Waals surface area contributed by atoms with E-state index in [1.54, 1.807) is 11.3 Å². The van der Waals surface area contributed by atoms with Crippen molar-refractivity contribution in [2.75, 3.05) is 32.8 Å². The molecule has 0 aromatic carbocycles. The van der Waals surface area contributed by atoms with E-state index < -0.39 is 0 Å². The van der Waals surface area contributed by atoms with Crippen molar-refractivity contribution in [1.29, 1.82) is 0 Å². The molecule has 1 aliphatic rings. The Balaban J connectivity index is 1.83. The van der Waals surface area contributed by atoms with Gasteiger partial charge < -0.3 is 10.5 Å². The number of nitrogens with zero attached hydrogens (tertiary/aromatic N) is 2. The molecule has 16 heavy (non-hydrogen) atoms. The highest BCUT2D eigenvalue weighted by molar-refractivity contribution is 7.11. The van der Waals surface area contributed by atoms with Gasteiger partial charge >= 0.3 is 0 Å². The van der Waals surface area contributed by atoms with Crippen molar-refractivity contribution < 1.29 is 4.74 Å². The summed E-state index contributed by atoms with van der Waals surface area (Å²) < 4.78 is 5.32. The lowest BCUT2D eigenvalue weighted by molar-refractivity contribution is 0.0384. The molecule has 1 fully saturated rings. The third-order valence-corrected chi connectivity index (χ3v) is 4.11. The summed E-state index contributed by atoms with van der Waals surface area (Å²) in [7, 11) is 0. The summed E-state index contributed by atoms with van der Waals surface area (Å²) in [5.41, 5.74) is 6.75. The van der Waals surface area contributed by atoms with Crippen molar-refractivity contribution in [1.82, 2.24) is 9.88 Å². The van der Waals surface area contributed by atoms with E-state index in [0.717, 1.165) is 45.0 Å². The smallest absolute Gasteiger partial charge is 0.0944 e. The Morgan fingerprint density at radius 3 is 2.81 bits per heavy atom. The molecular weight excluding hydrogens is 222 g/mol. The van der Waals surface area contributed by atoms with Gasteiger partial charge in [0.2, 0.25) is 0 Å². The van der Waals surface area contributed by atoms with Gasteiger partial charge in [-0.15, -0.1) is 11.3 Å². The van der Waals surface area contributed by atoms with E-state index >= 15 is 0 Å². The van der Waals surface area contributed by atoms with Gasteiger partial charge in [0.1, 0.15) is 0 Å². The first kappa shape index (κ1) is 12.0. The highest BCUT2D eigenvalue weighted by Gasteiger charge is 2.12. The Labute approximate surface area is 100 Å². The Kier molecular flexibility index (Phi) is 4.29. The maximum Gasteiger partial charge on any atom is 0.0944 e. The van der Waals surface area contributed by atoms with E-state index in [4.69, 9.17) is 10.5 Å². The predicted octanol–water partition coefficient (Wildman–Crippen LogP) is 0.785. The molecule has 2 N–H and O–H groups in total. The van der Waals surface area contributed by atoms with Crippen LogP contribution in [0.1, 0.15) is 15.6 Å². The summed E-state index contributed by atoms with van der Waals surface area (Å²) in [6, 6.07) is 0. The normalized spacial score (nSPS) is 17.9. The van der Waals surface area contributed by atoms with E-state index in [1.807, 2.05) is 6.92 Å². The lowest BCUT2D eigenvalue weighted by Crippen LogP contribution is -2.37. The van der Waals surface area contributed by atoms with Crippen LogP contribution in [0.2, 0.25) is 0 Å². The molecule has 0 amide bonds. The van der Waals surface area contributed by atoms with Crippen LogP contribution in [0, 0.1) is 6.92 Å². The standard InChI is InChI=1S/C11H19N3OS/c1-9-10(8-12)16-11(13-9)2-3-14-4-6-15-7-5-14/h2-8,12H2,1H3. The largest absolute Gasteiger partial charge is 0.379 e. The second-order valence-electron chi connectivity index (χ2n) is 4.02. The van der Waals surface area contributed by atoms with Crippen molar-refractivity contribution in [2.45, 2.75) is 19.9 Å². The zero-order valence-corrected chi connectivity index (χ0v) is 10.6. The first-order valence-corrected chi connectivity index (χ1v) is 6.56. The molecular formula is C11H19N3OS. The van der Waals surface area contributed by atoms with Gasteiger partial charge in [-0.05, 0) is 6.92 Å². The fourth-order valence-electron chi connectivity index (χ4n) is 1.86. The number of aromatic nitrogens is 1. The molecule has 5 heteroatoms. The highest BCUT2D eigenvalue weighted by atomic mass is 32.1. The Bertz CT molecular complexity index is 334. The molecule has 2 heterocycles. The van der Waals surface area contributed by atoms with Gasteiger partial charge in [0.15, 0.2) is 0 Å². The van der Waals surface area contributed by atoms with Crippen molar-refractivity contribution in [3.63, 3.8) is 0 Å². The second kappa shape index (κ2) is 5.72. The molecule has 0 saturated carbocycles. The quantitative estimate of drug-likeness (QED) is 0.846. The number of hydrogen-bond donors (Lipinski definition) is 1. The van der Waals surface area contributed by atoms with Crippen LogP contribution in [0.15, 0.2) is 0 Å². The number of nitrogens with two attached hydrogens (primary N) is 1. The van der Waals surface area contributed by atoms with E-state index in [-0.39, 0.29) is 0 Å². The van der Waals surface area contributed by atoms with Crippen molar-refractivity contribution >= 4 is 11.3 Å². The van der Waals surface area contributed by atoms with E-state index in [1.165, 1.54) is 9.88 Å². The van der Waals surface area contributed by atoms with Crippen LogP contribution in [0.5, 0.6) is 0 Å². The SMILES string of the molecule is Cc1nc(CCN2CCOCC2)sc1CN. The minimum Gasteiger partial charge on any atom is -0.379 e. The molecule has 0 atom stereocenters. The molecule has 2 rings (SSSR count). The number of aryl methyl sites for hydroxylation is 1. The Morgan fingerprint density at radius 1 is 1.44 bits per heavy atom. The summed E-state index contributed by atoms with van der Waals surface area (Å²) in [5.74, 6) is 0. The lowest BCUT2D eigenvalue weighted by Gasteiger charge is -2.25. The van der Waals surface area contributed by atoms with Crippen LogP contribution in [-0.2, 0) is 17.7 Å². The molecule has 1 aliphatic heterocycles. The number of ether oxygens (including phenoxy) is 1. The maximum absolute atomic E-state index is 5.65. The minimum atomic E-state index is 0.612. The second-order valence-corrected chi connectivity index (χ2v) is 5.19. The first-order chi connectivity index (χ1) is 7.79. The van der Waals surface area contributed by atoms with E-state index in [2.05, 4.69) is 9.88 Å². The zero-order valence-electron chi connectivity index (χ0n) is 9.74. The number of rotatable bonds is 4. The molecule has 1 aromatic heterocycles. The first-order valence-electron chi connectivity index (χ1n) is 5.75. The third-order valence-electron chi connectivity index (χ3n) is 2.87. The fraction of sp³-hybridized carbons (Fsp3) is 0.727. The van der Waals surface area contributed by atoms with Crippen molar-refractivity contribution in [3.8, 4) is 0 Å². The van der Waals surface area contributed by atoms with Crippen LogP contribution in [0.3, 0.4) is 0 Å². The average molecular weight is 241 g/mol. The maximum atomic E-state index is 5.65. The number of morpholine rings is 1. The van der Waals surface area contributed by atoms with Crippen molar-refractivity contribution in [2.24, 2.45) is 5.73 Å². The zero-order chi connectivity index (χ0) is 11.4. The topological polar surface area (TPSA) is 51.4 Å². The summed E-state index contributed by atoms with van der Waals surface area (Å²) in [4.78, 5) is 8.20. The average Bonchev–Trinajstić information content (AvgIpc) is 2.69. The Hall–Kier alpha value is -0.490. The van der Waals surface area contributed by atoms with Crippen LogP contribution in [0.4, 0.5) is 0 Å². The van der Waals surface area contributed by atoms with Crippen LogP contribution in [0.25, 0.3) is 0 Å². The van der Waals surface area contributed by atoms with Gasteiger partial charge in [-0.2, -0.15) is 0 Å². The molecule has 90 valence electrons. The highest BCUT2D eigenvalue weighted by Crippen LogP contribution is 2.18. The van der Waals surface area contributed by atoms with Gasteiger partial charge in [-0.3, -0.25) is 4.90 Å². The molecule has 0 radical (unpaired) electrons. The molecule has 0 bridgehead atoms. The molecule has 0 unspecified atom stereocenters. The third kappa shape index (κ3) is 3.01. The Morgan fingerprint density at radius 2 is 2.19 bits per heavy atom. The van der Waals surface area contributed by atoms with Crippen molar-refractivity contribution in [3.05, 3.63) is 15.6 Å². The summed E-state index contributed by atoms with van der Waals surface area (Å²) in [5, 5.41) is 1.21. The molecule has 1 aromatic rings. The van der Waals surface area contributed by atoms with E-state index in [9.17, 15) is 0 Å². The van der Waals surface area contributed by atoms with Crippen LogP contribution in [-0.4, -0.2) is 42.7 Å². The summed E-state index contributed by atoms with van der Waals surface area (Å²) in [6.07, 6.45) is 1.03. The van der Waals surface area contributed by atoms with Gasteiger partial charge in [0.25, 0.3) is 0 Å². The molecule has 0 spiro atoms. The van der Waals surface area contributed by atoms with Gasteiger partial charge in [0.05, 0.1) is 23.9 Å². The molecule has 4 nitrogen and oxygen atoms in total. The predicted molar refractivity (Wildman–Crippen MR) is 65.7 cm³/mol. The lowest BCUT2D eigenvalue weighted by atomic mass is 10.3. The van der Waals surface area contributed by atoms with Gasteiger partial charge in [-0.1, -0.05) is 0 Å². The van der Waals surface area contributed by atoms with E-state index in [0.29, 0.717) is 6.54 Å². The van der Waals surface area contributed by atoms with Gasteiger partial charge in [-0.25, -0.2) is 4.98 Å². The summed E-state index contributed by atoms with van der Waals surface area (Å²) >= 11 is 1.75. The number of hydrogen-bond acceptors (Lipinski definition) is 5. The van der Waals surface area contributed by atoms with Gasteiger partial charge in [0, 0.05) is 37.5 Å². The summed E-state index contributed by atoms with van der Waals surface area (Å²) in [6.45, 7) is 7.57. The van der Waals surface area contributed by atoms with Crippen LogP contribution < -0.4 is 5.73 Å². The number of thiazole rings is 1.